The fourth-order valence-electron chi connectivity index (χ4n) is 3.65. The summed E-state index contributed by atoms with van der Waals surface area (Å²) in [4.78, 5) is 0. The zero-order valence-electron chi connectivity index (χ0n) is 15.1. The first-order chi connectivity index (χ1) is 11.4. The van der Waals surface area contributed by atoms with Crippen LogP contribution in [0.3, 0.4) is 0 Å². The monoisotopic (exact) mass is 340 g/mol. The van der Waals surface area contributed by atoms with Crippen LogP contribution in [-0.4, -0.2) is 25.0 Å². The van der Waals surface area contributed by atoms with E-state index < -0.39 is 8.07 Å². The molecule has 24 heavy (non-hydrogen) atoms. The van der Waals surface area contributed by atoms with E-state index in [1.165, 1.54) is 16.3 Å². The van der Waals surface area contributed by atoms with Crippen molar-refractivity contribution in [1.82, 2.24) is 0 Å². The molecule has 0 unspecified atom stereocenters. The van der Waals surface area contributed by atoms with Crippen LogP contribution in [0.15, 0.2) is 54.6 Å². The first kappa shape index (κ1) is 17.4. The highest BCUT2D eigenvalue weighted by atomic mass is 28.3. The van der Waals surface area contributed by atoms with Crippen LogP contribution in [0.25, 0.3) is 0 Å². The molecule has 2 aromatic rings. The summed E-state index contributed by atoms with van der Waals surface area (Å²) in [6.07, 6.45) is 0.387. The zero-order chi connectivity index (χ0) is 17.3. The lowest BCUT2D eigenvalue weighted by Crippen LogP contribution is -2.58. The number of aliphatic hydroxyl groups is 1. The highest BCUT2D eigenvalue weighted by Crippen LogP contribution is 2.39. The van der Waals surface area contributed by atoms with E-state index in [1.807, 2.05) is 0 Å². The maximum Gasteiger partial charge on any atom is 0.113 e. The summed E-state index contributed by atoms with van der Waals surface area (Å²) in [5, 5.41) is 12.1. The van der Waals surface area contributed by atoms with E-state index in [9.17, 15) is 5.11 Å². The number of hydrogen-bond acceptors (Lipinski definition) is 2. The van der Waals surface area contributed by atoms with Gasteiger partial charge in [-0.05, 0) is 18.9 Å². The van der Waals surface area contributed by atoms with Crippen molar-refractivity contribution in [3.05, 3.63) is 65.7 Å². The van der Waals surface area contributed by atoms with E-state index in [0.717, 1.165) is 6.42 Å². The average Bonchev–Trinajstić information content (AvgIpc) is 2.59. The van der Waals surface area contributed by atoms with Gasteiger partial charge in [-0.1, -0.05) is 85.4 Å². The number of rotatable bonds is 3. The Morgan fingerprint density at radius 1 is 1.00 bits per heavy atom. The molecule has 0 amide bonds. The van der Waals surface area contributed by atoms with E-state index in [-0.39, 0.29) is 23.9 Å². The van der Waals surface area contributed by atoms with Gasteiger partial charge in [-0.3, -0.25) is 0 Å². The summed E-state index contributed by atoms with van der Waals surface area (Å²) in [5.41, 5.74) is 2.55. The summed E-state index contributed by atoms with van der Waals surface area (Å²) >= 11 is 0. The molecule has 3 heteroatoms. The molecule has 1 heterocycles. The maximum atomic E-state index is 10.7. The van der Waals surface area contributed by atoms with Crippen molar-refractivity contribution in [2.24, 2.45) is 5.92 Å². The fourth-order valence-corrected chi connectivity index (χ4v) is 6.39. The van der Waals surface area contributed by atoms with Crippen LogP contribution >= 0.6 is 0 Å². The van der Waals surface area contributed by atoms with E-state index >= 15 is 0 Å². The molecule has 0 spiro atoms. The van der Waals surface area contributed by atoms with Crippen molar-refractivity contribution in [2.45, 2.75) is 51.3 Å². The molecular formula is C21H28O2Si. The van der Waals surface area contributed by atoms with Gasteiger partial charge in [0, 0.05) is 5.92 Å². The Bertz CT molecular complexity index is 666. The van der Waals surface area contributed by atoms with Crippen LogP contribution in [-0.2, 0) is 4.74 Å². The van der Waals surface area contributed by atoms with Crippen molar-refractivity contribution in [3.63, 3.8) is 0 Å². The predicted octanol–water partition coefficient (Wildman–Crippen LogP) is 3.98. The minimum atomic E-state index is -1.82. The van der Waals surface area contributed by atoms with Gasteiger partial charge in [0.05, 0.1) is 17.9 Å². The number of aryl methyl sites for hydroxylation is 1. The van der Waals surface area contributed by atoms with Crippen LogP contribution in [0.2, 0.25) is 13.1 Å². The molecule has 3 rings (SSSR count). The molecule has 1 saturated heterocycles. The number of ether oxygens (including phenoxy) is 1. The van der Waals surface area contributed by atoms with E-state index in [0.29, 0.717) is 0 Å². The lowest BCUT2D eigenvalue weighted by molar-refractivity contribution is -0.108. The SMILES string of the molecule is Cc1ccc([C@H]2O[C@@H]([Si](C)(C)c3ccccc3)C[C@@H](O)[C@H]2C)cc1. The third kappa shape index (κ3) is 3.34. The van der Waals surface area contributed by atoms with Crippen molar-refractivity contribution < 1.29 is 9.84 Å². The Labute approximate surface area is 146 Å². The standard InChI is InChI=1S/C21H28O2Si/c1-15-10-12-17(13-11-15)21-16(2)19(22)14-20(23-21)24(3,4)18-8-6-5-7-9-18/h5-13,16,19-22H,14H2,1-4H3/t16-,19-,20+,21+/m1/s1. The molecule has 1 fully saturated rings. The van der Waals surface area contributed by atoms with Crippen LogP contribution in [0, 0.1) is 12.8 Å². The quantitative estimate of drug-likeness (QED) is 0.857. The van der Waals surface area contributed by atoms with Crippen molar-refractivity contribution in [2.75, 3.05) is 0 Å². The van der Waals surface area contributed by atoms with Crippen molar-refractivity contribution >= 4 is 13.3 Å². The van der Waals surface area contributed by atoms with Gasteiger partial charge in [-0.2, -0.15) is 0 Å². The highest BCUT2D eigenvalue weighted by Gasteiger charge is 2.44. The van der Waals surface area contributed by atoms with Gasteiger partial charge >= 0.3 is 0 Å². The third-order valence-corrected chi connectivity index (χ3v) is 9.38. The van der Waals surface area contributed by atoms with Gasteiger partial charge in [0.2, 0.25) is 0 Å². The molecule has 1 aliphatic rings. The first-order valence-corrected chi connectivity index (χ1v) is 11.9. The van der Waals surface area contributed by atoms with Gasteiger partial charge in [0.15, 0.2) is 0 Å². The molecule has 1 aliphatic heterocycles. The molecule has 128 valence electrons. The second-order valence-corrected chi connectivity index (χ2v) is 12.4. The smallest absolute Gasteiger partial charge is 0.113 e. The third-order valence-electron chi connectivity index (χ3n) is 5.58. The van der Waals surface area contributed by atoms with Gasteiger partial charge in [-0.25, -0.2) is 0 Å². The second-order valence-electron chi connectivity index (χ2n) is 7.71. The molecule has 0 aliphatic carbocycles. The van der Waals surface area contributed by atoms with Gasteiger partial charge in [-0.15, -0.1) is 0 Å². The molecule has 2 nitrogen and oxygen atoms in total. The molecule has 2 aromatic carbocycles. The topological polar surface area (TPSA) is 29.5 Å². The molecular weight excluding hydrogens is 312 g/mol. The molecule has 0 aromatic heterocycles. The van der Waals surface area contributed by atoms with Crippen LogP contribution in [0.4, 0.5) is 0 Å². The first-order valence-electron chi connectivity index (χ1n) is 8.85. The summed E-state index contributed by atoms with van der Waals surface area (Å²) in [6.45, 7) is 8.89. The van der Waals surface area contributed by atoms with Gasteiger partial charge in [0.1, 0.15) is 8.07 Å². The Hall–Kier alpha value is -1.42. The Morgan fingerprint density at radius 3 is 2.25 bits per heavy atom. The number of benzene rings is 2. The van der Waals surface area contributed by atoms with E-state index in [2.05, 4.69) is 81.5 Å². The Kier molecular flexibility index (Phi) is 4.95. The van der Waals surface area contributed by atoms with Gasteiger partial charge in [0.25, 0.3) is 0 Å². The van der Waals surface area contributed by atoms with E-state index in [4.69, 9.17) is 4.74 Å². The van der Waals surface area contributed by atoms with Gasteiger partial charge < -0.3 is 9.84 Å². The summed E-state index contributed by atoms with van der Waals surface area (Å²) in [5.74, 6) is 0.115. The Balaban J connectivity index is 1.89. The Morgan fingerprint density at radius 2 is 1.62 bits per heavy atom. The molecule has 4 atom stereocenters. The molecule has 0 radical (unpaired) electrons. The van der Waals surface area contributed by atoms with Crippen molar-refractivity contribution in [1.29, 1.82) is 0 Å². The summed E-state index contributed by atoms with van der Waals surface area (Å²) in [7, 11) is -1.82. The number of hydrogen-bond donors (Lipinski definition) is 1. The maximum absolute atomic E-state index is 10.7. The fraction of sp³-hybridized carbons (Fsp3) is 0.429. The predicted molar refractivity (Wildman–Crippen MR) is 102 cm³/mol. The second kappa shape index (κ2) is 6.83. The van der Waals surface area contributed by atoms with Crippen LogP contribution in [0.1, 0.15) is 30.6 Å². The lowest BCUT2D eigenvalue weighted by atomic mass is 9.88. The van der Waals surface area contributed by atoms with Crippen LogP contribution in [0.5, 0.6) is 0 Å². The van der Waals surface area contributed by atoms with Crippen LogP contribution < -0.4 is 5.19 Å². The normalized spacial score (nSPS) is 27.9. The minimum Gasteiger partial charge on any atom is -0.393 e. The highest BCUT2D eigenvalue weighted by molar-refractivity contribution is 6.90. The summed E-state index contributed by atoms with van der Waals surface area (Å²) in [6, 6.07) is 19.2. The number of aliphatic hydroxyl groups excluding tert-OH is 1. The largest absolute Gasteiger partial charge is 0.393 e. The minimum absolute atomic E-state index is 0.0326. The zero-order valence-corrected chi connectivity index (χ0v) is 16.1. The average molecular weight is 341 g/mol. The summed E-state index contributed by atoms with van der Waals surface area (Å²) < 4.78 is 6.62. The van der Waals surface area contributed by atoms with Crippen molar-refractivity contribution in [3.8, 4) is 0 Å². The molecule has 0 saturated carbocycles. The van der Waals surface area contributed by atoms with E-state index in [1.54, 1.807) is 0 Å². The lowest BCUT2D eigenvalue weighted by Gasteiger charge is -2.44. The molecule has 0 bridgehead atoms. The molecule has 1 N–H and O–H groups in total.